The summed E-state index contributed by atoms with van der Waals surface area (Å²) in [6.45, 7) is 3.23. The first-order valence-electron chi connectivity index (χ1n) is 6.31. The molecule has 2 N–H and O–H groups in total. The Morgan fingerprint density at radius 2 is 2.15 bits per heavy atom. The molecule has 0 saturated heterocycles. The summed E-state index contributed by atoms with van der Waals surface area (Å²) >= 11 is 0. The second-order valence-electron chi connectivity index (χ2n) is 5.34. The standard InChI is InChI=1S/C14H17N3O3/c1-14(2,13(19)20)9-15-12(18)7-10-8-17-6-4-3-5-11(17)16-10/h3-6,8H,7,9H2,1-2H3,(H,15,18)(H,19,20). The van der Waals surface area contributed by atoms with Crippen molar-refractivity contribution >= 4 is 17.5 Å². The fraction of sp³-hybridized carbons (Fsp3) is 0.357. The van der Waals surface area contributed by atoms with Crippen LogP contribution in [0.4, 0.5) is 0 Å². The number of amides is 1. The molecule has 0 fully saturated rings. The average Bonchev–Trinajstić information content (AvgIpc) is 2.78. The van der Waals surface area contributed by atoms with Gasteiger partial charge in [-0.15, -0.1) is 0 Å². The van der Waals surface area contributed by atoms with Crippen LogP contribution < -0.4 is 5.32 Å². The van der Waals surface area contributed by atoms with Gasteiger partial charge in [-0.2, -0.15) is 0 Å². The first-order chi connectivity index (χ1) is 9.38. The molecule has 106 valence electrons. The molecule has 20 heavy (non-hydrogen) atoms. The van der Waals surface area contributed by atoms with Gasteiger partial charge in [-0.3, -0.25) is 9.59 Å². The van der Waals surface area contributed by atoms with E-state index in [1.807, 2.05) is 28.8 Å². The molecule has 0 saturated carbocycles. The highest BCUT2D eigenvalue weighted by atomic mass is 16.4. The number of imidazole rings is 1. The number of carboxylic acid groups (broad SMARTS) is 1. The summed E-state index contributed by atoms with van der Waals surface area (Å²) in [5, 5.41) is 11.6. The molecule has 2 rings (SSSR count). The lowest BCUT2D eigenvalue weighted by atomic mass is 9.94. The van der Waals surface area contributed by atoms with E-state index in [-0.39, 0.29) is 18.9 Å². The van der Waals surface area contributed by atoms with E-state index in [0.29, 0.717) is 5.69 Å². The Morgan fingerprint density at radius 1 is 1.40 bits per heavy atom. The molecule has 6 heteroatoms. The van der Waals surface area contributed by atoms with Gasteiger partial charge >= 0.3 is 5.97 Å². The van der Waals surface area contributed by atoms with Gasteiger partial charge in [0, 0.05) is 18.9 Å². The third-order valence-corrected chi connectivity index (χ3v) is 3.06. The molecule has 0 spiro atoms. The molecule has 1 amide bonds. The van der Waals surface area contributed by atoms with Gasteiger partial charge in [-0.05, 0) is 26.0 Å². The van der Waals surface area contributed by atoms with Crippen molar-refractivity contribution < 1.29 is 14.7 Å². The number of hydrogen-bond donors (Lipinski definition) is 2. The van der Waals surface area contributed by atoms with E-state index in [1.165, 1.54) is 0 Å². The number of hydrogen-bond acceptors (Lipinski definition) is 3. The molecule has 2 aromatic rings. The summed E-state index contributed by atoms with van der Waals surface area (Å²) in [5.41, 5.74) is 0.456. The molecule has 0 radical (unpaired) electrons. The van der Waals surface area contributed by atoms with E-state index in [4.69, 9.17) is 5.11 Å². The van der Waals surface area contributed by atoms with Crippen LogP contribution >= 0.6 is 0 Å². The van der Waals surface area contributed by atoms with E-state index in [2.05, 4.69) is 10.3 Å². The van der Waals surface area contributed by atoms with Crippen molar-refractivity contribution in [3.63, 3.8) is 0 Å². The Kier molecular flexibility index (Phi) is 3.74. The number of carbonyl (C=O) groups excluding carboxylic acids is 1. The topological polar surface area (TPSA) is 83.7 Å². The van der Waals surface area contributed by atoms with Crippen LogP contribution in [0.1, 0.15) is 19.5 Å². The van der Waals surface area contributed by atoms with E-state index in [0.717, 1.165) is 5.65 Å². The molecular formula is C14H17N3O3. The quantitative estimate of drug-likeness (QED) is 0.856. The van der Waals surface area contributed by atoms with Crippen LogP contribution in [0.3, 0.4) is 0 Å². The van der Waals surface area contributed by atoms with Crippen LogP contribution in [0.5, 0.6) is 0 Å². The number of carbonyl (C=O) groups is 2. The van der Waals surface area contributed by atoms with Crippen molar-refractivity contribution in [1.29, 1.82) is 0 Å². The maximum Gasteiger partial charge on any atom is 0.310 e. The first kappa shape index (κ1) is 14.0. The SMILES string of the molecule is CC(C)(CNC(=O)Cc1cn2ccccc2n1)C(=O)O. The fourth-order valence-corrected chi connectivity index (χ4v) is 1.69. The molecule has 0 atom stereocenters. The lowest BCUT2D eigenvalue weighted by molar-refractivity contribution is -0.146. The Bertz CT molecular complexity index is 613. The number of carboxylic acids is 1. The number of fused-ring (bicyclic) bond motifs is 1. The summed E-state index contributed by atoms with van der Waals surface area (Å²) in [6.07, 6.45) is 3.78. The Hall–Kier alpha value is -2.37. The Morgan fingerprint density at radius 3 is 2.80 bits per heavy atom. The number of nitrogens with one attached hydrogen (secondary N) is 1. The normalized spacial score (nSPS) is 11.5. The van der Waals surface area contributed by atoms with E-state index in [1.54, 1.807) is 20.0 Å². The molecule has 0 aromatic carbocycles. The third-order valence-electron chi connectivity index (χ3n) is 3.06. The summed E-state index contributed by atoms with van der Waals surface area (Å²) in [6, 6.07) is 5.62. The monoisotopic (exact) mass is 275 g/mol. The predicted molar refractivity (Wildman–Crippen MR) is 73.3 cm³/mol. The lowest BCUT2D eigenvalue weighted by Gasteiger charge is -2.19. The van der Waals surface area contributed by atoms with E-state index in [9.17, 15) is 9.59 Å². The van der Waals surface area contributed by atoms with Crippen molar-refractivity contribution in [3.8, 4) is 0 Å². The van der Waals surface area contributed by atoms with Crippen LogP contribution in [0.25, 0.3) is 5.65 Å². The zero-order valence-corrected chi connectivity index (χ0v) is 11.5. The maximum absolute atomic E-state index is 11.8. The molecule has 0 bridgehead atoms. The minimum atomic E-state index is -0.978. The molecule has 0 aliphatic carbocycles. The van der Waals surface area contributed by atoms with E-state index >= 15 is 0 Å². The fourth-order valence-electron chi connectivity index (χ4n) is 1.69. The number of nitrogens with zero attached hydrogens (tertiary/aromatic N) is 2. The Balaban J connectivity index is 1.96. The zero-order valence-electron chi connectivity index (χ0n) is 11.5. The van der Waals surface area contributed by atoms with Crippen molar-refractivity contribution in [3.05, 3.63) is 36.3 Å². The zero-order chi connectivity index (χ0) is 14.8. The number of pyridine rings is 1. The van der Waals surface area contributed by atoms with Crippen LogP contribution in [-0.2, 0) is 16.0 Å². The number of rotatable bonds is 5. The van der Waals surface area contributed by atoms with Crippen LogP contribution in [0, 0.1) is 5.41 Å². The predicted octanol–water partition coefficient (Wildman–Crippen LogP) is 1.10. The summed E-state index contributed by atoms with van der Waals surface area (Å²) in [4.78, 5) is 27.1. The van der Waals surface area contributed by atoms with Gasteiger partial charge in [-0.25, -0.2) is 4.98 Å². The van der Waals surface area contributed by atoms with Crippen LogP contribution in [-0.4, -0.2) is 32.9 Å². The van der Waals surface area contributed by atoms with Gasteiger partial charge in [0.25, 0.3) is 0 Å². The largest absolute Gasteiger partial charge is 0.481 e. The van der Waals surface area contributed by atoms with E-state index < -0.39 is 11.4 Å². The Labute approximate surface area is 116 Å². The van der Waals surface area contributed by atoms with Gasteiger partial charge in [0.15, 0.2) is 0 Å². The highest BCUT2D eigenvalue weighted by Crippen LogP contribution is 2.13. The minimum absolute atomic E-state index is 0.0918. The minimum Gasteiger partial charge on any atom is -0.481 e. The smallest absolute Gasteiger partial charge is 0.310 e. The first-order valence-corrected chi connectivity index (χ1v) is 6.31. The highest BCUT2D eigenvalue weighted by molar-refractivity contribution is 5.80. The van der Waals surface area contributed by atoms with Gasteiger partial charge in [0.05, 0.1) is 17.5 Å². The van der Waals surface area contributed by atoms with Crippen molar-refractivity contribution in [2.75, 3.05) is 6.54 Å². The van der Waals surface area contributed by atoms with Gasteiger partial charge in [0.2, 0.25) is 5.91 Å². The van der Waals surface area contributed by atoms with Crippen LogP contribution in [0.2, 0.25) is 0 Å². The lowest BCUT2D eigenvalue weighted by Crippen LogP contribution is -2.39. The summed E-state index contributed by atoms with van der Waals surface area (Å²) in [5.74, 6) is -1.17. The third kappa shape index (κ3) is 3.14. The molecule has 0 unspecified atom stereocenters. The van der Waals surface area contributed by atoms with Gasteiger partial charge < -0.3 is 14.8 Å². The summed E-state index contributed by atoms with van der Waals surface area (Å²) < 4.78 is 1.84. The second kappa shape index (κ2) is 5.32. The molecule has 2 heterocycles. The molecule has 2 aromatic heterocycles. The summed E-state index contributed by atoms with van der Waals surface area (Å²) in [7, 11) is 0. The molecular weight excluding hydrogens is 258 g/mol. The molecule has 0 aliphatic rings. The van der Waals surface area contributed by atoms with Crippen molar-refractivity contribution in [1.82, 2.24) is 14.7 Å². The maximum atomic E-state index is 11.8. The number of aliphatic carboxylic acids is 1. The molecule has 0 aliphatic heterocycles. The van der Waals surface area contributed by atoms with Gasteiger partial charge in [0.1, 0.15) is 5.65 Å². The van der Waals surface area contributed by atoms with Crippen LogP contribution in [0.15, 0.2) is 30.6 Å². The molecule has 6 nitrogen and oxygen atoms in total. The van der Waals surface area contributed by atoms with Gasteiger partial charge in [-0.1, -0.05) is 6.07 Å². The average molecular weight is 275 g/mol. The second-order valence-corrected chi connectivity index (χ2v) is 5.34. The highest BCUT2D eigenvalue weighted by Gasteiger charge is 2.27. The van der Waals surface area contributed by atoms with Crippen molar-refractivity contribution in [2.45, 2.75) is 20.3 Å². The van der Waals surface area contributed by atoms with Crippen molar-refractivity contribution in [2.24, 2.45) is 5.41 Å². The number of aromatic nitrogens is 2.